The lowest BCUT2D eigenvalue weighted by Gasteiger charge is -2.40. The summed E-state index contributed by atoms with van der Waals surface area (Å²) in [7, 11) is 0. The molecule has 5 nitrogen and oxygen atoms in total. The molecule has 1 saturated heterocycles. The smallest absolute Gasteiger partial charge is 0.293 e. The van der Waals surface area contributed by atoms with Crippen molar-refractivity contribution in [1.29, 1.82) is 0 Å². The highest BCUT2D eigenvalue weighted by Gasteiger charge is 2.45. The summed E-state index contributed by atoms with van der Waals surface area (Å²) < 4.78 is 27.5. The van der Waals surface area contributed by atoms with Gasteiger partial charge in [0.05, 0.1) is 10.3 Å². The number of carbonyl (C=O) groups excluding carboxylic acids is 3. The Labute approximate surface area is 182 Å². The van der Waals surface area contributed by atoms with Crippen molar-refractivity contribution in [3.63, 3.8) is 0 Å². The average molecular weight is 442 g/mol. The molecule has 0 atom stereocenters. The molecule has 1 heterocycles. The molecule has 8 heteroatoms. The molecule has 1 saturated carbocycles. The lowest BCUT2D eigenvalue weighted by Crippen LogP contribution is -2.50. The molecule has 0 radical (unpaired) electrons. The molecule has 0 unspecified atom stereocenters. The molecule has 2 aromatic rings. The van der Waals surface area contributed by atoms with Crippen LogP contribution < -0.4 is 5.32 Å². The van der Waals surface area contributed by atoms with Gasteiger partial charge in [-0.05, 0) is 54.4 Å². The lowest BCUT2D eigenvalue weighted by atomic mass is 9.64. The summed E-state index contributed by atoms with van der Waals surface area (Å²) in [5, 5.41) is 2.32. The van der Waals surface area contributed by atoms with Gasteiger partial charge in [0.1, 0.15) is 11.6 Å². The second kappa shape index (κ2) is 8.63. The average Bonchev–Trinajstić information content (AvgIpc) is 2.96. The monoisotopic (exact) mass is 442 g/mol. The van der Waals surface area contributed by atoms with Crippen LogP contribution in [0.25, 0.3) is 6.08 Å². The Morgan fingerprint density at radius 2 is 1.90 bits per heavy atom. The number of carbonyl (C=O) groups is 3. The minimum Gasteiger partial charge on any atom is -0.354 e. The summed E-state index contributed by atoms with van der Waals surface area (Å²) in [5.74, 6) is -1.63. The number of amides is 3. The molecule has 31 heavy (non-hydrogen) atoms. The van der Waals surface area contributed by atoms with E-state index in [1.807, 2.05) is 0 Å². The third-order valence-electron chi connectivity index (χ3n) is 5.71. The van der Waals surface area contributed by atoms with Crippen LogP contribution in [0.5, 0.6) is 0 Å². The summed E-state index contributed by atoms with van der Waals surface area (Å²) in [4.78, 5) is 38.8. The molecule has 4 rings (SSSR count). The third kappa shape index (κ3) is 4.12. The zero-order chi connectivity index (χ0) is 22.0. The fourth-order valence-corrected chi connectivity index (χ4v) is 4.70. The van der Waals surface area contributed by atoms with Crippen molar-refractivity contribution in [3.05, 3.63) is 76.2 Å². The van der Waals surface area contributed by atoms with Gasteiger partial charge in [-0.25, -0.2) is 8.78 Å². The number of benzene rings is 2. The zero-order valence-electron chi connectivity index (χ0n) is 16.6. The van der Waals surface area contributed by atoms with Crippen molar-refractivity contribution >= 4 is 34.9 Å². The molecule has 0 spiro atoms. The predicted octanol–water partition coefficient (Wildman–Crippen LogP) is 4.24. The van der Waals surface area contributed by atoms with Gasteiger partial charge in [0, 0.05) is 18.7 Å². The first-order valence-electron chi connectivity index (χ1n) is 9.95. The predicted molar refractivity (Wildman–Crippen MR) is 114 cm³/mol. The minimum atomic E-state index is -0.772. The van der Waals surface area contributed by atoms with Gasteiger partial charge in [0.25, 0.3) is 11.1 Å². The largest absolute Gasteiger partial charge is 0.354 e. The van der Waals surface area contributed by atoms with E-state index in [2.05, 4.69) is 5.32 Å². The molecule has 2 aliphatic rings. The maximum absolute atomic E-state index is 13.8. The van der Waals surface area contributed by atoms with Crippen LogP contribution >= 0.6 is 11.8 Å². The standard InChI is InChI=1S/C23H20F2N2O3S/c24-17-7-3-6-16(14-17)23(9-4-10-23)21(29)26-11-12-27-20(28)19(31-22(27)30)13-15-5-1-2-8-18(15)25/h1-3,5-8,13-14H,4,9-12H2,(H,26,29)/b19-13-. The molecule has 1 N–H and O–H groups in total. The number of nitrogens with zero attached hydrogens (tertiary/aromatic N) is 1. The van der Waals surface area contributed by atoms with E-state index in [1.54, 1.807) is 24.3 Å². The first-order valence-corrected chi connectivity index (χ1v) is 10.8. The Kier molecular flexibility index (Phi) is 5.91. The van der Waals surface area contributed by atoms with Crippen LogP contribution in [0.3, 0.4) is 0 Å². The molecule has 1 aliphatic carbocycles. The fourth-order valence-electron chi connectivity index (χ4n) is 3.84. The number of rotatable bonds is 6. The molecule has 1 aliphatic heterocycles. The van der Waals surface area contributed by atoms with Crippen LogP contribution in [0.4, 0.5) is 13.6 Å². The van der Waals surface area contributed by atoms with E-state index in [9.17, 15) is 23.2 Å². The van der Waals surface area contributed by atoms with Crippen LogP contribution in [-0.2, 0) is 15.0 Å². The molecule has 0 aromatic heterocycles. The number of hydrogen-bond acceptors (Lipinski definition) is 4. The normalized spacial score (nSPS) is 18.9. The van der Waals surface area contributed by atoms with Crippen molar-refractivity contribution < 1.29 is 23.2 Å². The molecule has 3 amide bonds. The highest BCUT2D eigenvalue weighted by Crippen LogP contribution is 2.44. The Bertz CT molecular complexity index is 1080. The number of imide groups is 1. The summed E-state index contributed by atoms with van der Waals surface area (Å²) in [6, 6.07) is 12.0. The van der Waals surface area contributed by atoms with Crippen LogP contribution in [0.2, 0.25) is 0 Å². The van der Waals surface area contributed by atoms with Crippen molar-refractivity contribution in [2.45, 2.75) is 24.7 Å². The van der Waals surface area contributed by atoms with Crippen molar-refractivity contribution in [3.8, 4) is 0 Å². The van der Waals surface area contributed by atoms with E-state index in [-0.39, 0.29) is 29.5 Å². The molecule has 160 valence electrons. The van der Waals surface area contributed by atoms with Gasteiger partial charge in [-0.1, -0.05) is 36.8 Å². The first-order chi connectivity index (χ1) is 14.9. The van der Waals surface area contributed by atoms with Crippen LogP contribution in [-0.4, -0.2) is 35.0 Å². The van der Waals surface area contributed by atoms with Crippen LogP contribution in [0, 0.1) is 11.6 Å². The van der Waals surface area contributed by atoms with Gasteiger partial charge < -0.3 is 5.32 Å². The van der Waals surface area contributed by atoms with Gasteiger partial charge in [-0.3, -0.25) is 19.3 Å². The Morgan fingerprint density at radius 3 is 2.58 bits per heavy atom. The summed E-state index contributed by atoms with van der Waals surface area (Å²) >= 11 is 0.741. The van der Waals surface area contributed by atoms with Gasteiger partial charge in [-0.2, -0.15) is 0 Å². The number of hydrogen-bond donors (Lipinski definition) is 1. The molecular weight excluding hydrogens is 422 g/mol. The van der Waals surface area contributed by atoms with Crippen molar-refractivity contribution in [2.24, 2.45) is 0 Å². The summed E-state index contributed by atoms with van der Waals surface area (Å²) in [6.45, 7) is 0.0885. The number of halogens is 2. The minimum absolute atomic E-state index is 0.00422. The number of nitrogens with one attached hydrogen (secondary N) is 1. The highest BCUT2D eigenvalue weighted by molar-refractivity contribution is 8.18. The SMILES string of the molecule is O=C1S/C(=C\c2ccccc2F)C(=O)N1CCNC(=O)C1(c2cccc(F)c2)CCC1. The molecule has 0 bridgehead atoms. The van der Waals surface area contributed by atoms with E-state index in [0.717, 1.165) is 23.1 Å². The first kappa shape index (κ1) is 21.2. The second-order valence-corrected chi connectivity index (χ2v) is 8.55. The van der Waals surface area contributed by atoms with E-state index >= 15 is 0 Å². The van der Waals surface area contributed by atoms with Crippen LogP contribution in [0.1, 0.15) is 30.4 Å². The van der Waals surface area contributed by atoms with Crippen molar-refractivity contribution in [2.75, 3.05) is 13.1 Å². The zero-order valence-corrected chi connectivity index (χ0v) is 17.4. The lowest BCUT2D eigenvalue weighted by molar-refractivity contribution is -0.130. The maximum atomic E-state index is 13.8. The Morgan fingerprint density at radius 1 is 1.13 bits per heavy atom. The van der Waals surface area contributed by atoms with Gasteiger partial charge >= 0.3 is 0 Å². The Balaban J connectivity index is 1.39. The molecule has 2 aromatic carbocycles. The number of thioether (sulfide) groups is 1. The fraction of sp³-hybridized carbons (Fsp3) is 0.261. The van der Waals surface area contributed by atoms with E-state index in [4.69, 9.17) is 0 Å². The van der Waals surface area contributed by atoms with E-state index < -0.39 is 28.2 Å². The quantitative estimate of drug-likeness (QED) is 0.680. The second-order valence-electron chi connectivity index (χ2n) is 7.56. The van der Waals surface area contributed by atoms with E-state index in [0.29, 0.717) is 18.4 Å². The van der Waals surface area contributed by atoms with Crippen LogP contribution in [0.15, 0.2) is 53.4 Å². The van der Waals surface area contributed by atoms with Gasteiger partial charge in [0.15, 0.2) is 0 Å². The van der Waals surface area contributed by atoms with Crippen molar-refractivity contribution in [1.82, 2.24) is 10.2 Å². The maximum Gasteiger partial charge on any atom is 0.293 e. The molecular formula is C23H20F2N2O3S. The molecule has 2 fully saturated rings. The highest BCUT2D eigenvalue weighted by atomic mass is 32.2. The Hall–Kier alpha value is -3.00. The van der Waals surface area contributed by atoms with Gasteiger partial charge in [0.2, 0.25) is 5.91 Å². The van der Waals surface area contributed by atoms with Gasteiger partial charge in [-0.15, -0.1) is 0 Å². The summed E-state index contributed by atoms with van der Waals surface area (Å²) in [6.07, 6.45) is 3.46. The summed E-state index contributed by atoms with van der Waals surface area (Å²) in [5.41, 5.74) is 0.0877. The third-order valence-corrected chi connectivity index (χ3v) is 6.61. The van der Waals surface area contributed by atoms with E-state index in [1.165, 1.54) is 30.3 Å². The topological polar surface area (TPSA) is 66.5 Å².